The van der Waals surface area contributed by atoms with Crippen LogP contribution >= 0.6 is 31.9 Å². The molecule has 0 aromatic heterocycles. The van der Waals surface area contributed by atoms with Gasteiger partial charge in [0.25, 0.3) is 0 Å². The zero-order valence-electron chi connectivity index (χ0n) is 6.97. The summed E-state index contributed by atoms with van der Waals surface area (Å²) in [5.41, 5.74) is 0. The van der Waals surface area contributed by atoms with E-state index in [4.69, 9.17) is 0 Å². The molecule has 1 N–H and O–H groups in total. The fraction of sp³-hybridized carbons (Fsp3) is 1.00. The molecule has 12 heavy (non-hydrogen) atoms. The van der Waals surface area contributed by atoms with Gasteiger partial charge >= 0.3 is 0 Å². The van der Waals surface area contributed by atoms with Crippen LogP contribution in [0.25, 0.3) is 0 Å². The molecule has 3 unspecified atom stereocenters. The average Bonchev–Trinajstić information content (AvgIpc) is 2.44. The molecule has 0 aromatic rings. The minimum absolute atomic E-state index is 0.0395. The van der Waals surface area contributed by atoms with Gasteiger partial charge in [0.15, 0.2) is 0 Å². The van der Waals surface area contributed by atoms with Gasteiger partial charge in [-0.3, -0.25) is 0 Å². The molecular formula is C9H14Br2O. The lowest BCUT2D eigenvalue weighted by Crippen LogP contribution is -2.09. The van der Waals surface area contributed by atoms with E-state index in [1.54, 1.807) is 0 Å². The van der Waals surface area contributed by atoms with Crippen molar-refractivity contribution in [3.8, 4) is 0 Å². The first-order valence-corrected chi connectivity index (χ1v) is 6.27. The van der Waals surface area contributed by atoms with E-state index < -0.39 is 0 Å². The summed E-state index contributed by atoms with van der Waals surface area (Å²) in [6.07, 6.45) is 5.56. The maximum absolute atomic E-state index is 9.49. The van der Waals surface area contributed by atoms with Gasteiger partial charge in [0.1, 0.15) is 0 Å². The number of halogens is 2. The zero-order valence-corrected chi connectivity index (χ0v) is 10.1. The molecule has 0 spiro atoms. The monoisotopic (exact) mass is 296 g/mol. The second-order valence-electron chi connectivity index (χ2n) is 4.05. The number of hydrogen-bond acceptors (Lipinski definition) is 1. The summed E-state index contributed by atoms with van der Waals surface area (Å²) in [7, 11) is 0. The van der Waals surface area contributed by atoms with Crippen LogP contribution in [0.3, 0.4) is 0 Å². The van der Waals surface area contributed by atoms with E-state index in [1.165, 1.54) is 19.3 Å². The largest absolute Gasteiger partial charge is 0.393 e. The fourth-order valence-corrected chi connectivity index (χ4v) is 4.27. The van der Waals surface area contributed by atoms with Crippen molar-refractivity contribution >= 4 is 31.9 Å². The van der Waals surface area contributed by atoms with Crippen LogP contribution in [-0.2, 0) is 0 Å². The van der Waals surface area contributed by atoms with Crippen LogP contribution in [0.2, 0.25) is 0 Å². The van der Waals surface area contributed by atoms with Crippen molar-refractivity contribution in [1.29, 1.82) is 0 Å². The second-order valence-corrected chi connectivity index (χ2v) is 7.74. The Kier molecular flexibility index (Phi) is 2.56. The van der Waals surface area contributed by atoms with Gasteiger partial charge in [-0.2, -0.15) is 0 Å². The minimum atomic E-state index is -0.0395. The zero-order chi connectivity index (χ0) is 8.77. The molecule has 0 radical (unpaired) electrons. The molecule has 0 aliphatic heterocycles. The standard InChI is InChI=1S/C9H14Br2O/c10-9(11)7-3-1-2-6(12)4-5-8(7)9/h6-8,12H,1-5H2. The quantitative estimate of drug-likeness (QED) is 0.682. The Morgan fingerprint density at radius 2 is 1.67 bits per heavy atom. The predicted octanol–water partition coefficient (Wildman–Crippen LogP) is 3.04. The van der Waals surface area contributed by atoms with Gasteiger partial charge in [-0.15, -0.1) is 0 Å². The van der Waals surface area contributed by atoms with Crippen LogP contribution in [-0.4, -0.2) is 14.4 Å². The molecule has 0 heterocycles. The smallest absolute Gasteiger partial charge is 0.0868 e. The van der Waals surface area contributed by atoms with Crippen molar-refractivity contribution in [2.24, 2.45) is 11.8 Å². The Bertz CT molecular complexity index is 181. The lowest BCUT2D eigenvalue weighted by atomic mass is 9.99. The summed E-state index contributed by atoms with van der Waals surface area (Å²) in [5.74, 6) is 1.57. The number of alkyl halides is 2. The first kappa shape index (κ1) is 9.47. The van der Waals surface area contributed by atoms with Crippen LogP contribution in [0.1, 0.15) is 32.1 Å². The van der Waals surface area contributed by atoms with E-state index in [-0.39, 0.29) is 9.34 Å². The van der Waals surface area contributed by atoms with Gasteiger partial charge in [-0.25, -0.2) is 0 Å². The summed E-state index contributed by atoms with van der Waals surface area (Å²) in [6.45, 7) is 0. The Hall–Kier alpha value is 0.920. The van der Waals surface area contributed by atoms with E-state index in [0.717, 1.165) is 24.7 Å². The number of hydrogen-bond donors (Lipinski definition) is 1. The average molecular weight is 298 g/mol. The molecule has 2 saturated carbocycles. The first-order valence-electron chi connectivity index (χ1n) is 4.68. The highest BCUT2D eigenvalue weighted by molar-refractivity contribution is 9.25. The summed E-state index contributed by atoms with van der Waals surface area (Å²) in [6, 6.07) is 0. The number of fused-ring (bicyclic) bond motifs is 1. The third kappa shape index (κ3) is 1.60. The highest BCUT2D eigenvalue weighted by Gasteiger charge is 2.60. The van der Waals surface area contributed by atoms with Crippen LogP contribution in [0.4, 0.5) is 0 Å². The third-order valence-corrected chi connectivity index (χ3v) is 5.58. The van der Waals surface area contributed by atoms with Gasteiger partial charge in [-0.1, -0.05) is 38.3 Å². The Morgan fingerprint density at radius 3 is 2.42 bits per heavy atom. The molecule has 3 heteroatoms. The summed E-state index contributed by atoms with van der Waals surface area (Å²) in [5, 5.41) is 9.49. The van der Waals surface area contributed by atoms with E-state index >= 15 is 0 Å². The molecule has 0 bridgehead atoms. The van der Waals surface area contributed by atoms with E-state index in [2.05, 4.69) is 31.9 Å². The van der Waals surface area contributed by atoms with Crippen LogP contribution in [0.15, 0.2) is 0 Å². The SMILES string of the molecule is OC1CCCC2C(CC1)C2(Br)Br. The van der Waals surface area contributed by atoms with E-state index in [9.17, 15) is 5.11 Å². The second kappa shape index (κ2) is 3.25. The molecule has 0 aromatic carbocycles. The molecular weight excluding hydrogens is 284 g/mol. The van der Waals surface area contributed by atoms with Crippen molar-refractivity contribution in [2.45, 2.75) is 41.4 Å². The minimum Gasteiger partial charge on any atom is -0.393 e. The number of aliphatic hydroxyl groups is 1. The van der Waals surface area contributed by atoms with Gasteiger partial charge in [0.2, 0.25) is 0 Å². The highest BCUT2D eigenvalue weighted by atomic mass is 79.9. The van der Waals surface area contributed by atoms with Crippen LogP contribution in [0.5, 0.6) is 0 Å². The third-order valence-electron chi connectivity index (χ3n) is 3.23. The highest BCUT2D eigenvalue weighted by Crippen LogP contribution is 2.66. The van der Waals surface area contributed by atoms with Crippen molar-refractivity contribution < 1.29 is 5.11 Å². The van der Waals surface area contributed by atoms with Crippen molar-refractivity contribution in [2.75, 3.05) is 0 Å². The van der Waals surface area contributed by atoms with Crippen LogP contribution < -0.4 is 0 Å². The van der Waals surface area contributed by atoms with Gasteiger partial charge in [-0.05, 0) is 37.5 Å². The molecule has 3 atom stereocenters. The molecule has 70 valence electrons. The molecule has 0 amide bonds. The summed E-state index contributed by atoms with van der Waals surface area (Å²) >= 11 is 7.41. The molecule has 2 aliphatic carbocycles. The molecule has 0 saturated heterocycles. The lowest BCUT2D eigenvalue weighted by Gasteiger charge is -2.12. The number of aliphatic hydroxyl groups excluding tert-OH is 1. The van der Waals surface area contributed by atoms with Gasteiger partial charge in [0, 0.05) is 0 Å². The number of rotatable bonds is 0. The van der Waals surface area contributed by atoms with Crippen molar-refractivity contribution in [3.05, 3.63) is 0 Å². The van der Waals surface area contributed by atoms with Crippen molar-refractivity contribution in [1.82, 2.24) is 0 Å². The summed E-state index contributed by atoms with van der Waals surface area (Å²) < 4.78 is 0.226. The fourth-order valence-electron chi connectivity index (χ4n) is 2.34. The predicted molar refractivity (Wildman–Crippen MR) is 56.7 cm³/mol. The Balaban J connectivity index is 1.95. The first-order chi connectivity index (χ1) is 5.62. The summed E-state index contributed by atoms with van der Waals surface area (Å²) in [4.78, 5) is 0. The van der Waals surface area contributed by atoms with Crippen molar-refractivity contribution in [3.63, 3.8) is 0 Å². The van der Waals surface area contributed by atoms with Crippen LogP contribution in [0, 0.1) is 11.8 Å². The normalized spacial score (nSPS) is 45.8. The Labute approximate surface area is 90.2 Å². The maximum Gasteiger partial charge on any atom is 0.0868 e. The van der Waals surface area contributed by atoms with E-state index in [1.807, 2.05) is 0 Å². The molecule has 1 nitrogen and oxygen atoms in total. The topological polar surface area (TPSA) is 20.2 Å². The van der Waals surface area contributed by atoms with Gasteiger partial charge in [0.05, 0.1) is 9.34 Å². The maximum atomic E-state index is 9.49. The van der Waals surface area contributed by atoms with E-state index in [0.29, 0.717) is 0 Å². The molecule has 2 fully saturated rings. The lowest BCUT2D eigenvalue weighted by molar-refractivity contribution is 0.140. The Morgan fingerprint density at radius 1 is 1.00 bits per heavy atom. The van der Waals surface area contributed by atoms with Gasteiger partial charge < -0.3 is 5.11 Å². The molecule has 2 aliphatic rings. The molecule has 2 rings (SSSR count).